The summed E-state index contributed by atoms with van der Waals surface area (Å²) in [4.78, 5) is 22.2. The Bertz CT molecular complexity index is 385. The first-order valence-corrected chi connectivity index (χ1v) is 5.07. The Morgan fingerprint density at radius 1 is 1.60 bits per heavy atom. The zero-order valence-corrected chi connectivity index (χ0v) is 8.97. The molecule has 1 heterocycles. The van der Waals surface area contributed by atoms with Crippen LogP contribution in [0, 0.1) is 6.92 Å². The molecular formula is C9H11NO4S. The second kappa shape index (κ2) is 4.79. The highest BCUT2D eigenvalue weighted by Crippen LogP contribution is 2.28. The van der Waals surface area contributed by atoms with Crippen molar-refractivity contribution >= 4 is 23.2 Å². The third-order valence-corrected chi connectivity index (χ3v) is 2.64. The van der Waals surface area contributed by atoms with Gasteiger partial charge in [-0.3, -0.25) is 4.79 Å². The molecule has 15 heavy (non-hydrogen) atoms. The molecule has 0 aliphatic heterocycles. The molecule has 0 fully saturated rings. The lowest BCUT2D eigenvalue weighted by Crippen LogP contribution is -2.14. The molecule has 6 heteroatoms. The summed E-state index contributed by atoms with van der Waals surface area (Å²) in [5.74, 6) is -1.20. The number of carbonyl (C=O) groups excluding carboxylic acids is 1. The molecule has 1 amide bonds. The lowest BCUT2D eigenvalue weighted by molar-refractivity contribution is -0.118. The Labute approximate surface area is 90.5 Å². The molecule has 0 saturated heterocycles. The summed E-state index contributed by atoms with van der Waals surface area (Å²) in [6.45, 7) is 1.89. The highest BCUT2D eigenvalue weighted by Gasteiger charge is 2.15. The van der Waals surface area contributed by atoms with E-state index in [0.29, 0.717) is 5.75 Å². The van der Waals surface area contributed by atoms with Crippen molar-refractivity contribution in [1.82, 2.24) is 0 Å². The molecule has 82 valence electrons. The second-order valence-corrected chi connectivity index (χ2v) is 4.18. The van der Waals surface area contributed by atoms with E-state index in [1.165, 1.54) is 0 Å². The molecule has 0 bridgehead atoms. The number of carboxylic acids is 1. The van der Waals surface area contributed by atoms with Crippen LogP contribution in [0.2, 0.25) is 0 Å². The third kappa shape index (κ3) is 3.25. The van der Waals surface area contributed by atoms with Gasteiger partial charge in [-0.25, -0.2) is 4.79 Å². The van der Waals surface area contributed by atoms with Crippen LogP contribution in [0.25, 0.3) is 0 Å². The van der Waals surface area contributed by atoms with Crippen LogP contribution >= 0.6 is 11.3 Å². The van der Waals surface area contributed by atoms with E-state index >= 15 is 0 Å². The number of thiophene rings is 1. The van der Waals surface area contributed by atoms with Gasteiger partial charge in [-0.15, -0.1) is 11.3 Å². The molecule has 1 aromatic heterocycles. The number of amides is 1. The first-order valence-electron chi connectivity index (χ1n) is 4.25. The zero-order chi connectivity index (χ0) is 11.4. The van der Waals surface area contributed by atoms with Crippen molar-refractivity contribution in [2.75, 3.05) is 6.61 Å². The third-order valence-electron chi connectivity index (χ3n) is 1.62. The smallest absolute Gasteiger partial charge is 0.349 e. The molecular weight excluding hydrogens is 218 g/mol. The van der Waals surface area contributed by atoms with E-state index in [2.05, 4.69) is 0 Å². The van der Waals surface area contributed by atoms with Gasteiger partial charge in [0.25, 0.3) is 0 Å². The number of hydrogen-bond donors (Lipinski definition) is 2. The number of aromatic carboxylic acids is 1. The van der Waals surface area contributed by atoms with Gasteiger partial charge in [0.2, 0.25) is 5.91 Å². The maximum Gasteiger partial charge on any atom is 0.349 e. The fourth-order valence-corrected chi connectivity index (χ4v) is 1.80. The second-order valence-electron chi connectivity index (χ2n) is 2.92. The largest absolute Gasteiger partial charge is 0.491 e. The molecule has 1 aromatic rings. The topological polar surface area (TPSA) is 89.6 Å². The standard InChI is InChI=1S/C9H11NO4S/c1-5-4-6(8(15-5)9(12)13)14-3-2-7(10)11/h4H,2-3H2,1H3,(H2,10,11)(H,12,13). The fraction of sp³-hybridized carbons (Fsp3) is 0.333. The van der Waals surface area contributed by atoms with E-state index < -0.39 is 11.9 Å². The van der Waals surface area contributed by atoms with Gasteiger partial charge in [-0.1, -0.05) is 0 Å². The van der Waals surface area contributed by atoms with Crippen LogP contribution in [0.5, 0.6) is 5.75 Å². The van der Waals surface area contributed by atoms with Crippen molar-refractivity contribution in [2.45, 2.75) is 13.3 Å². The molecule has 0 saturated carbocycles. The first-order chi connectivity index (χ1) is 7.00. The number of hydrogen-bond acceptors (Lipinski definition) is 4. The Morgan fingerprint density at radius 2 is 2.27 bits per heavy atom. The van der Waals surface area contributed by atoms with Crippen LogP contribution in [0.3, 0.4) is 0 Å². The molecule has 0 radical (unpaired) electrons. The van der Waals surface area contributed by atoms with E-state index in [1.54, 1.807) is 13.0 Å². The van der Waals surface area contributed by atoms with Gasteiger partial charge in [0.05, 0.1) is 13.0 Å². The van der Waals surface area contributed by atoms with Crippen LogP contribution < -0.4 is 10.5 Å². The number of carboxylic acid groups (broad SMARTS) is 1. The highest BCUT2D eigenvalue weighted by molar-refractivity contribution is 7.14. The number of nitrogens with two attached hydrogens (primary N) is 1. The summed E-state index contributed by atoms with van der Waals surface area (Å²) in [7, 11) is 0. The minimum atomic E-state index is -1.03. The molecule has 5 nitrogen and oxygen atoms in total. The number of carbonyl (C=O) groups is 2. The monoisotopic (exact) mass is 229 g/mol. The zero-order valence-electron chi connectivity index (χ0n) is 8.15. The summed E-state index contributed by atoms with van der Waals surface area (Å²) in [5.41, 5.74) is 4.93. The SMILES string of the molecule is Cc1cc(OCCC(N)=O)c(C(=O)O)s1. The minimum absolute atomic E-state index is 0.0773. The van der Waals surface area contributed by atoms with Crippen molar-refractivity contribution in [1.29, 1.82) is 0 Å². The van der Waals surface area contributed by atoms with Crippen LogP contribution in [0.1, 0.15) is 21.0 Å². The summed E-state index contributed by atoms with van der Waals surface area (Å²) in [6, 6.07) is 1.63. The van der Waals surface area contributed by atoms with Crippen LogP contribution in [-0.2, 0) is 4.79 Å². The Balaban J connectivity index is 2.67. The number of primary amides is 1. The molecule has 0 aliphatic rings. The van der Waals surface area contributed by atoms with Crippen molar-refractivity contribution in [3.05, 3.63) is 15.8 Å². The Morgan fingerprint density at radius 3 is 2.80 bits per heavy atom. The number of aryl methyl sites for hydroxylation is 1. The van der Waals surface area contributed by atoms with Gasteiger partial charge in [-0.05, 0) is 13.0 Å². The molecule has 0 aliphatic carbocycles. The molecule has 0 aromatic carbocycles. The lowest BCUT2D eigenvalue weighted by atomic mass is 10.4. The Kier molecular flexibility index (Phi) is 3.68. The van der Waals surface area contributed by atoms with Gasteiger partial charge in [0, 0.05) is 4.88 Å². The average molecular weight is 229 g/mol. The van der Waals surface area contributed by atoms with Crippen LogP contribution in [-0.4, -0.2) is 23.6 Å². The molecule has 3 N–H and O–H groups in total. The highest BCUT2D eigenvalue weighted by atomic mass is 32.1. The van der Waals surface area contributed by atoms with Gasteiger partial charge < -0.3 is 15.6 Å². The minimum Gasteiger partial charge on any atom is -0.491 e. The van der Waals surface area contributed by atoms with Gasteiger partial charge in [0.1, 0.15) is 5.75 Å². The summed E-state index contributed by atoms with van der Waals surface area (Å²) < 4.78 is 5.16. The predicted octanol–water partition coefficient (Wildman–Crippen LogP) is 1.01. The van der Waals surface area contributed by atoms with Crippen molar-refractivity contribution in [2.24, 2.45) is 5.73 Å². The van der Waals surface area contributed by atoms with E-state index in [0.717, 1.165) is 16.2 Å². The number of ether oxygens (including phenoxy) is 1. The maximum absolute atomic E-state index is 10.8. The molecule has 0 unspecified atom stereocenters. The summed E-state index contributed by atoms with van der Waals surface area (Å²) in [5, 5.41) is 8.83. The van der Waals surface area contributed by atoms with Gasteiger partial charge >= 0.3 is 5.97 Å². The normalized spacial score (nSPS) is 9.93. The van der Waals surface area contributed by atoms with Crippen LogP contribution in [0.15, 0.2) is 6.07 Å². The summed E-state index contributed by atoms with van der Waals surface area (Å²) in [6.07, 6.45) is 0.0773. The average Bonchev–Trinajstić information content (AvgIpc) is 2.46. The quantitative estimate of drug-likeness (QED) is 0.788. The van der Waals surface area contributed by atoms with Gasteiger partial charge in [0.15, 0.2) is 4.88 Å². The fourth-order valence-electron chi connectivity index (χ4n) is 1.01. The molecule has 1 rings (SSSR count). The maximum atomic E-state index is 10.8. The van der Waals surface area contributed by atoms with Crippen molar-refractivity contribution in [3.8, 4) is 5.75 Å². The van der Waals surface area contributed by atoms with E-state index in [4.69, 9.17) is 15.6 Å². The van der Waals surface area contributed by atoms with Gasteiger partial charge in [-0.2, -0.15) is 0 Å². The molecule has 0 atom stereocenters. The van der Waals surface area contributed by atoms with E-state index in [-0.39, 0.29) is 17.9 Å². The van der Waals surface area contributed by atoms with Crippen molar-refractivity contribution in [3.63, 3.8) is 0 Å². The predicted molar refractivity (Wildman–Crippen MR) is 55.3 cm³/mol. The Hall–Kier alpha value is -1.56. The lowest BCUT2D eigenvalue weighted by Gasteiger charge is -2.02. The molecule has 0 spiro atoms. The van der Waals surface area contributed by atoms with E-state index in [9.17, 15) is 9.59 Å². The number of rotatable bonds is 5. The summed E-state index contributed by atoms with van der Waals surface area (Å²) >= 11 is 1.14. The van der Waals surface area contributed by atoms with Crippen LogP contribution in [0.4, 0.5) is 0 Å². The van der Waals surface area contributed by atoms with Crippen molar-refractivity contribution < 1.29 is 19.4 Å². The van der Waals surface area contributed by atoms with E-state index in [1.807, 2.05) is 0 Å². The first kappa shape index (κ1) is 11.5.